The fraction of sp³-hybridized carbons (Fsp3) is 0.538. The molecule has 0 aromatic carbocycles. The summed E-state index contributed by atoms with van der Waals surface area (Å²) in [4.78, 5) is 11.2. The minimum absolute atomic E-state index is 0.798. The van der Waals surface area contributed by atoms with E-state index in [1.165, 1.54) is 17.5 Å². The van der Waals surface area contributed by atoms with Gasteiger partial charge in [-0.25, -0.2) is 9.97 Å². The molecule has 96 valence electrons. The highest BCUT2D eigenvalue weighted by Crippen LogP contribution is 2.31. The normalized spacial score (nSPS) is 17.5. The monoisotopic (exact) mass is 262 g/mol. The number of piperidine rings is 1. The van der Waals surface area contributed by atoms with Gasteiger partial charge in [0.25, 0.3) is 0 Å². The summed E-state index contributed by atoms with van der Waals surface area (Å²) < 4.78 is 1.22. The van der Waals surface area contributed by atoms with Crippen LogP contribution < -0.4 is 10.6 Å². The molecule has 1 aliphatic heterocycles. The van der Waals surface area contributed by atoms with Crippen LogP contribution in [0, 0.1) is 5.92 Å². The molecule has 2 aromatic heterocycles. The first-order chi connectivity index (χ1) is 8.88. The Bertz CT molecular complexity index is 516. The van der Waals surface area contributed by atoms with Crippen LogP contribution in [0.1, 0.15) is 19.3 Å². The smallest absolute Gasteiger partial charge is 0.150 e. The van der Waals surface area contributed by atoms with Gasteiger partial charge in [0.2, 0.25) is 0 Å². The van der Waals surface area contributed by atoms with Gasteiger partial charge in [-0.2, -0.15) is 0 Å². The lowest BCUT2D eigenvalue weighted by Crippen LogP contribution is -2.34. The van der Waals surface area contributed by atoms with Crippen molar-refractivity contribution in [2.75, 3.05) is 24.5 Å². The van der Waals surface area contributed by atoms with E-state index in [9.17, 15) is 0 Å². The zero-order valence-corrected chi connectivity index (χ0v) is 11.2. The Morgan fingerprint density at radius 3 is 2.94 bits per heavy atom. The van der Waals surface area contributed by atoms with Crippen molar-refractivity contribution in [1.82, 2.24) is 9.97 Å². The summed E-state index contributed by atoms with van der Waals surface area (Å²) in [6, 6.07) is 2.06. The van der Waals surface area contributed by atoms with Gasteiger partial charge >= 0.3 is 0 Å². The van der Waals surface area contributed by atoms with Crippen molar-refractivity contribution < 1.29 is 0 Å². The quantitative estimate of drug-likeness (QED) is 0.922. The van der Waals surface area contributed by atoms with Crippen LogP contribution in [0.4, 0.5) is 5.82 Å². The molecule has 0 spiro atoms. The molecule has 1 aliphatic rings. The Balaban J connectivity index is 1.78. The predicted molar refractivity (Wildman–Crippen MR) is 76.0 cm³/mol. The molecule has 2 N–H and O–H groups in total. The van der Waals surface area contributed by atoms with Crippen LogP contribution in [0.15, 0.2) is 17.8 Å². The van der Waals surface area contributed by atoms with Gasteiger partial charge in [0.1, 0.15) is 12.1 Å². The summed E-state index contributed by atoms with van der Waals surface area (Å²) in [7, 11) is 0. The number of nitrogens with two attached hydrogens (primary N) is 1. The predicted octanol–water partition coefficient (Wildman–Crippen LogP) is 2.26. The summed E-state index contributed by atoms with van der Waals surface area (Å²) in [5, 5.41) is 2.09. The van der Waals surface area contributed by atoms with Gasteiger partial charge < -0.3 is 10.6 Å². The van der Waals surface area contributed by atoms with Crippen molar-refractivity contribution in [1.29, 1.82) is 0 Å². The number of hydrogen-bond donors (Lipinski definition) is 1. The van der Waals surface area contributed by atoms with Crippen molar-refractivity contribution in [2.24, 2.45) is 11.7 Å². The maximum Gasteiger partial charge on any atom is 0.150 e. The fourth-order valence-electron chi connectivity index (χ4n) is 2.67. The number of anilines is 1. The van der Waals surface area contributed by atoms with E-state index < -0.39 is 0 Å². The van der Waals surface area contributed by atoms with E-state index in [0.29, 0.717) is 0 Å². The van der Waals surface area contributed by atoms with Crippen molar-refractivity contribution in [3.8, 4) is 0 Å². The molecular formula is C13H18N4S. The van der Waals surface area contributed by atoms with Crippen LogP contribution in [0.25, 0.3) is 10.2 Å². The van der Waals surface area contributed by atoms with Gasteiger partial charge in [0.15, 0.2) is 0 Å². The second kappa shape index (κ2) is 5.20. The Morgan fingerprint density at radius 2 is 2.17 bits per heavy atom. The molecule has 3 rings (SSSR count). The zero-order chi connectivity index (χ0) is 12.4. The number of aromatic nitrogens is 2. The molecule has 1 fully saturated rings. The van der Waals surface area contributed by atoms with Gasteiger partial charge in [-0.3, -0.25) is 0 Å². The van der Waals surface area contributed by atoms with E-state index in [1.807, 2.05) is 0 Å². The number of thiophene rings is 1. The SMILES string of the molecule is NCCC1CCN(c2ncnc3ccsc23)CC1. The molecule has 0 atom stereocenters. The third-order valence-corrected chi connectivity index (χ3v) is 4.61. The molecule has 5 heteroatoms. The highest BCUT2D eigenvalue weighted by Gasteiger charge is 2.21. The van der Waals surface area contributed by atoms with Crippen LogP contribution in [0.5, 0.6) is 0 Å². The number of hydrogen-bond acceptors (Lipinski definition) is 5. The van der Waals surface area contributed by atoms with Crippen molar-refractivity contribution in [3.05, 3.63) is 17.8 Å². The second-order valence-electron chi connectivity index (χ2n) is 4.84. The maximum atomic E-state index is 5.63. The van der Waals surface area contributed by atoms with Crippen LogP contribution in [-0.4, -0.2) is 29.6 Å². The standard InChI is InChI=1S/C13H18N4S/c14-5-1-10-2-6-17(7-3-10)13-12-11(4-8-18-12)15-9-16-13/h4,8-10H,1-3,5-7,14H2. The molecule has 4 nitrogen and oxygen atoms in total. The van der Waals surface area contributed by atoms with Crippen molar-refractivity contribution in [3.63, 3.8) is 0 Å². The lowest BCUT2D eigenvalue weighted by atomic mass is 9.94. The van der Waals surface area contributed by atoms with Crippen LogP contribution >= 0.6 is 11.3 Å². The molecule has 1 saturated heterocycles. The average Bonchev–Trinajstić information content (AvgIpc) is 2.88. The summed E-state index contributed by atoms with van der Waals surface area (Å²) >= 11 is 1.73. The first kappa shape index (κ1) is 11.9. The van der Waals surface area contributed by atoms with E-state index in [-0.39, 0.29) is 0 Å². The first-order valence-electron chi connectivity index (χ1n) is 6.51. The van der Waals surface area contributed by atoms with Crippen LogP contribution in [-0.2, 0) is 0 Å². The molecule has 3 heterocycles. The minimum atomic E-state index is 0.798. The second-order valence-corrected chi connectivity index (χ2v) is 5.76. The van der Waals surface area contributed by atoms with Crippen LogP contribution in [0.2, 0.25) is 0 Å². The molecule has 0 radical (unpaired) electrons. The Hall–Kier alpha value is -1.20. The minimum Gasteiger partial charge on any atom is -0.355 e. The summed E-state index contributed by atoms with van der Waals surface area (Å²) in [6.45, 7) is 3.00. The average molecular weight is 262 g/mol. The van der Waals surface area contributed by atoms with E-state index >= 15 is 0 Å². The third-order valence-electron chi connectivity index (χ3n) is 3.71. The number of rotatable bonds is 3. The van der Waals surface area contributed by atoms with Crippen LogP contribution in [0.3, 0.4) is 0 Å². The largest absolute Gasteiger partial charge is 0.355 e. The van der Waals surface area contributed by atoms with Crippen molar-refractivity contribution >= 4 is 27.4 Å². The van der Waals surface area contributed by atoms with E-state index in [2.05, 4.69) is 26.3 Å². The van der Waals surface area contributed by atoms with Gasteiger partial charge in [-0.05, 0) is 43.2 Å². The molecular weight excluding hydrogens is 244 g/mol. The van der Waals surface area contributed by atoms with Gasteiger partial charge in [0, 0.05) is 13.1 Å². The fourth-order valence-corrected chi connectivity index (χ4v) is 3.53. The first-order valence-corrected chi connectivity index (χ1v) is 7.39. The molecule has 0 amide bonds. The van der Waals surface area contributed by atoms with E-state index in [4.69, 9.17) is 5.73 Å². The van der Waals surface area contributed by atoms with Gasteiger partial charge in [0.05, 0.1) is 10.2 Å². The Labute approximate surface area is 111 Å². The summed E-state index contributed by atoms with van der Waals surface area (Å²) in [5.41, 5.74) is 6.70. The topological polar surface area (TPSA) is 55.0 Å². The molecule has 18 heavy (non-hydrogen) atoms. The summed E-state index contributed by atoms with van der Waals surface area (Å²) in [6.07, 6.45) is 5.30. The van der Waals surface area contributed by atoms with Gasteiger partial charge in [-0.1, -0.05) is 0 Å². The Morgan fingerprint density at radius 1 is 1.33 bits per heavy atom. The Kier molecular flexibility index (Phi) is 3.43. The molecule has 0 aliphatic carbocycles. The molecule has 2 aromatic rings. The molecule has 0 saturated carbocycles. The highest BCUT2D eigenvalue weighted by molar-refractivity contribution is 7.17. The van der Waals surface area contributed by atoms with E-state index in [0.717, 1.165) is 43.3 Å². The number of nitrogens with zero attached hydrogens (tertiary/aromatic N) is 3. The van der Waals surface area contributed by atoms with Gasteiger partial charge in [-0.15, -0.1) is 11.3 Å². The van der Waals surface area contributed by atoms with E-state index in [1.54, 1.807) is 17.7 Å². The maximum absolute atomic E-state index is 5.63. The molecule has 0 unspecified atom stereocenters. The zero-order valence-electron chi connectivity index (χ0n) is 10.4. The molecule has 0 bridgehead atoms. The van der Waals surface area contributed by atoms with Crippen molar-refractivity contribution in [2.45, 2.75) is 19.3 Å². The summed E-state index contributed by atoms with van der Waals surface area (Å²) in [5.74, 6) is 1.91. The lowest BCUT2D eigenvalue weighted by Gasteiger charge is -2.32. The lowest BCUT2D eigenvalue weighted by molar-refractivity contribution is 0.385. The number of fused-ring (bicyclic) bond motifs is 1. The highest BCUT2D eigenvalue weighted by atomic mass is 32.1. The third kappa shape index (κ3) is 2.20.